The fourth-order valence-electron chi connectivity index (χ4n) is 1.33. The number of halogens is 1. The minimum absolute atomic E-state index is 0. The highest BCUT2D eigenvalue weighted by molar-refractivity contribution is 5.96. The van der Waals surface area contributed by atoms with Crippen molar-refractivity contribution in [2.24, 2.45) is 5.73 Å². The number of nitrogens with one attached hydrogen (secondary N) is 2. The Morgan fingerprint density at radius 2 is 1.95 bits per heavy atom. The Hall–Kier alpha value is -1.79. The molecule has 7 heteroatoms. The molecule has 0 aliphatic rings. The summed E-state index contributed by atoms with van der Waals surface area (Å²) in [6.45, 7) is 2.99. The van der Waals surface area contributed by atoms with Crippen molar-refractivity contribution in [1.29, 1.82) is 0 Å². The van der Waals surface area contributed by atoms with Gasteiger partial charge in [-0.2, -0.15) is 0 Å². The molecule has 0 aliphatic heterocycles. The zero-order chi connectivity index (χ0) is 13.7. The van der Waals surface area contributed by atoms with E-state index >= 15 is 0 Å². The van der Waals surface area contributed by atoms with Crippen LogP contribution >= 0.6 is 12.4 Å². The second-order valence-electron chi connectivity index (χ2n) is 3.87. The van der Waals surface area contributed by atoms with E-state index in [4.69, 9.17) is 10.5 Å². The zero-order valence-corrected chi connectivity index (χ0v) is 11.8. The number of hydrogen-bond acceptors (Lipinski definition) is 4. The van der Waals surface area contributed by atoms with Gasteiger partial charge in [0.2, 0.25) is 11.8 Å². The topological polar surface area (TPSA) is 93.4 Å². The molecule has 0 heterocycles. The van der Waals surface area contributed by atoms with Crippen molar-refractivity contribution in [3.63, 3.8) is 0 Å². The lowest BCUT2D eigenvalue weighted by Crippen LogP contribution is -2.32. The number of benzene rings is 1. The fourth-order valence-corrected chi connectivity index (χ4v) is 1.33. The standard InChI is InChI=1S/C12H17N3O3.ClH/c1-7(13)12(17)15-9-4-5-11(18-3)10(6-9)14-8(2)16;/h4-7H,13H2,1-3H3,(H,14,16)(H,15,17);1H/t7-;/m0./s1. The molecule has 2 amide bonds. The van der Waals surface area contributed by atoms with Crippen LogP contribution in [0, 0.1) is 0 Å². The van der Waals surface area contributed by atoms with Gasteiger partial charge < -0.3 is 21.1 Å². The predicted octanol–water partition coefficient (Wildman–Crippen LogP) is 1.36. The summed E-state index contributed by atoms with van der Waals surface area (Å²) >= 11 is 0. The van der Waals surface area contributed by atoms with Gasteiger partial charge in [-0.1, -0.05) is 0 Å². The van der Waals surface area contributed by atoms with Crippen LogP contribution in [0.15, 0.2) is 18.2 Å². The quantitative estimate of drug-likeness (QED) is 0.779. The molecule has 0 bridgehead atoms. The van der Waals surface area contributed by atoms with E-state index in [1.807, 2.05) is 0 Å². The molecule has 0 spiro atoms. The van der Waals surface area contributed by atoms with E-state index in [-0.39, 0.29) is 24.2 Å². The molecule has 1 rings (SSSR count). The lowest BCUT2D eigenvalue weighted by molar-refractivity contribution is -0.117. The van der Waals surface area contributed by atoms with Crippen molar-refractivity contribution in [2.75, 3.05) is 17.7 Å². The number of nitrogens with two attached hydrogens (primary N) is 1. The highest BCUT2D eigenvalue weighted by Crippen LogP contribution is 2.27. The van der Waals surface area contributed by atoms with Crippen LogP contribution in [-0.4, -0.2) is 25.0 Å². The summed E-state index contributed by atoms with van der Waals surface area (Å²) in [6.07, 6.45) is 0. The van der Waals surface area contributed by atoms with Gasteiger partial charge in [0.1, 0.15) is 5.75 Å². The van der Waals surface area contributed by atoms with Gasteiger partial charge in [0.05, 0.1) is 18.8 Å². The average molecular weight is 288 g/mol. The minimum atomic E-state index is -0.601. The second-order valence-corrected chi connectivity index (χ2v) is 3.87. The van der Waals surface area contributed by atoms with Crippen molar-refractivity contribution in [1.82, 2.24) is 0 Å². The van der Waals surface area contributed by atoms with Crippen LogP contribution in [0.25, 0.3) is 0 Å². The first-order valence-corrected chi connectivity index (χ1v) is 5.46. The third-order valence-corrected chi connectivity index (χ3v) is 2.19. The number of amides is 2. The second kappa shape index (κ2) is 7.60. The van der Waals surface area contributed by atoms with E-state index in [9.17, 15) is 9.59 Å². The summed E-state index contributed by atoms with van der Waals surface area (Å²) in [7, 11) is 1.50. The monoisotopic (exact) mass is 287 g/mol. The van der Waals surface area contributed by atoms with Crippen molar-refractivity contribution >= 4 is 35.6 Å². The molecule has 106 valence electrons. The van der Waals surface area contributed by atoms with Crippen LogP contribution in [0.2, 0.25) is 0 Å². The molecule has 0 fully saturated rings. The summed E-state index contributed by atoms with van der Waals surface area (Å²) < 4.78 is 5.10. The predicted molar refractivity (Wildman–Crippen MR) is 76.8 cm³/mol. The van der Waals surface area contributed by atoms with Crippen molar-refractivity contribution < 1.29 is 14.3 Å². The minimum Gasteiger partial charge on any atom is -0.495 e. The Labute approximate surface area is 118 Å². The number of ether oxygens (including phenoxy) is 1. The van der Waals surface area contributed by atoms with E-state index in [0.29, 0.717) is 17.1 Å². The fraction of sp³-hybridized carbons (Fsp3) is 0.333. The number of carbonyl (C=O) groups is 2. The molecule has 0 saturated heterocycles. The molecule has 0 aliphatic carbocycles. The van der Waals surface area contributed by atoms with Crippen LogP contribution in [-0.2, 0) is 9.59 Å². The van der Waals surface area contributed by atoms with Gasteiger partial charge >= 0.3 is 0 Å². The number of hydrogen-bond donors (Lipinski definition) is 3. The van der Waals surface area contributed by atoms with Gasteiger partial charge in [-0.05, 0) is 25.1 Å². The Morgan fingerprint density at radius 1 is 1.32 bits per heavy atom. The number of methoxy groups -OCH3 is 1. The van der Waals surface area contributed by atoms with Crippen LogP contribution in [0.5, 0.6) is 5.75 Å². The molecular formula is C12H18ClN3O3. The Balaban J connectivity index is 0.00000324. The van der Waals surface area contributed by atoms with E-state index < -0.39 is 6.04 Å². The largest absolute Gasteiger partial charge is 0.495 e. The normalized spacial score (nSPS) is 10.9. The average Bonchev–Trinajstić information content (AvgIpc) is 2.28. The third kappa shape index (κ3) is 5.15. The molecule has 1 atom stereocenters. The van der Waals surface area contributed by atoms with Gasteiger partial charge in [0, 0.05) is 12.6 Å². The van der Waals surface area contributed by atoms with Crippen LogP contribution in [0.1, 0.15) is 13.8 Å². The first-order chi connectivity index (χ1) is 8.43. The highest BCUT2D eigenvalue weighted by Gasteiger charge is 2.10. The molecule has 0 unspecified atom stereocenters. The van der Waals surface area contributed by atoms with Gasteiger partial charge in [0.25, 0.3) is 0 Å². The summed E-state index contributed by atoms with van der Waals surface area (Å²) in [5.41, 5.74) is 6.49. The first-order valence-electron chi connectivity index (χ1n) is 5.46. The van der Waals surface area contributed by atoms with Crippen LogP contribution in [0.4, 0.5) is 11.4 Å². The molecule has 0 aromatic heterocycles. The highest BCUT2D eigenvalue weighted by atomic mass is 35.5. The maximum Gasteiger partial charge on any atom is 0.240 e. The lowest BCUT2D eigenvalue weighted by Gasteiger charge is -2.12. The molecule has 6 nitrogen and oxygen atoms in total. The zero-order valence-electron chi connectivity index (χ0n) is 11.0. The molecule has 1 aromatic carbocycles. The van der Waals surface area contributed by atoms with Crippen molar-refractivity contribution in [3.05, 3.63) is 18.2 Å². The first kappa shape index (κ1) is 17.2. The Kier molecular flexibility index (Phi) is 6.89. The SMILES string of the molecule is COc1ccc(NC(=O)[C@H](C)N)cc1NC(C)=O.Cl. The smallest absolute Gasteiger partial charge is 0.240 e. The number of rotatable bonds is 4. The number of carbonyl (C=O) groups excluding carboxylic acids is 2. The molecule has 1 aromatic rings. The molecular weight excluding hydrogens is 270 g/mol. The van der Waals surface area contributed by atoms with Crippen molar-refractivity contribution in [3.8, 4) is 5.75 Å². The van der Waals surface area contributed by atoms with Crippen LogP contribution in [0.3, 0.4) is 0 Å². The van der Waals surface area contributed by atoms with Crippen LogP contribution < -0.4 is 21.1 Å². The summed E-state index contributed by atoms with van der Waals surface area (Å²) in [4.78, 5) is 22.5. The lowest BCUT2D eigenvalue weighted by atomic mass is 10.2. The van der Waals surface area contributed by atoms with Gasteiger partial charge in [0.15, 0.2) is 0 Å². The maximum absolute atomic E-state index is 11.4. The van der Waals surface area contributed by atoms with Crippen molar-refractivity contribution in [2.45, 2.75) is 19.9 Å². The van der Waals surface area contributed by atoms with E-state index in [1.165, 1.54) is 14.0 Å². The molecule has 4 N–H and O–H groups in total. The third-order valence-electron chi connectivity index (χ3n) is 2.19. The van der Waals surface area contributed by atoms with Gasteiger partial charge in [-0.3, -0.25) is 9.59 Å². The van der Waals surface area contributed by atoms with E-state index in [2.05, 4.69) is 10.6 Å². The van der Waals surface area contributed by atoms with E-state index in [1.54, 1.807) is 25.1 Å². The molecule has 0 saturated carbocycles. The number of anilines is 2. The summed E-state index contributed by atoms with van der Waals surface area (Å²) in [5.74, 6) is 0.00177. The molecule has 19 heavy (non-hydrogen) atoms. The maximum atomic E-state index is 11.4. The Morgan fingerprint density at radius 3 is 2.42 bits per heavy atom. The Bertz CT molecular complexity index is 464. The summed E-state index contributed by atoms with van der Waals surface area (Å²) in [6, 6.07) is 4.34. The molecule has 0 radical (unpaired) electrons. The van der Waals surface area contributed by atoms with Gasteiger partial charge in [-0.25, -0.2) is 0 Å². The van der Waals surface area contributed by atoms with E-state index in [0.717, 1.165) is 0 Å². The summed E-state index contributed by atoms with van der Waals surface area (Å²) in [5, 5.41) is 5.26. The van der Waals surface area contributed by atoms with Gasteiger partial charge in [-0.15, -0.1) is 12.4 Å².